The van der Waals surface area contributed by atoms with Crippen molar-refractivity contribution in [3.63, 3.8) is 0 Å². The van der Waals surface area contributed by atoms with Crippen LogP contribution in [-0.2, 0) is 9.53 Å². The SMILES string of the molecule is CC(CC(C)(C)C)C(C)(C)C.O=COC1c2ccccc2-c2ccccc21. The molecular formula is C25H34O2. The van der Waals surface area contributed by atoms with Crippen LogP contribution < -0.4 is 0 Å². The van der Waals surface area contributed by atoms with Crippen molar-refractivity contribution in [2.45, 2.75) is 61.0 Å². The summed E-state index contributed by atoms with van der Waals surface area (Å²) in [5.74, 6) is 0.808. The fraction of sp³-hybridized carbons (Fsp3) is 0.480. The Labute approximate surface area is 165 Å². The quantitative estimate of drug-likeness (QED) is 0.545. The normalized spacial score (nSPS) is 14.5. The van der Waals surface area contributed by atoms with E-state index in [1.165, 1.54) is 6.42 Å². The van der Waals surface area contributed by atoms with Crippen molar-refractivity contribution >= 4 is 6.47 Å². The predicted octanol–water partition coefficient (Wildman–Crippen LogP) is 7.03. The molecule has 0 radical (unpaired) electrons. The molecule has 0 aromatic heterocycles. The summed E-state index contributed by atoms with van der Waals surface area (Å²) in [5.41, 5.74) is 5.39. The summed E-state index contributed by atoms with van der Waals surface area (Å²) in [6, 6.07) is 16.0. The minimum absolute atomic E-state index is 0.245. The molecule has 1 aliphatic carbocycles. The van der Waals surface area contributed by atoms with Crippen LogP contribution in [0.4, 0.5) is 0 Å². The summed E-state index contributed by atoms with van der Waals surface area (Å²) >= 11 is 0. The lowest BCUT2D eigenvalue weighted by molar-refractivity contribution is -0.131. The van der Waals surface area contributed by atoms with Gasteiger partial charge in [-0.15, -0.1) is 0 Å². The lowest BCUT2D eigenvalue weighted by atomic mass is 9.73. The molecule has 2 heteroatoms. The zero-order valence-electron chi connectivity index (χ0n) is 17.9. The van der Waals surface area contributed by atoms with Crippen molar-refractivity contribution in [3.05, 3.63) is 59.7 Å². The lowest BCUT2D eigenvalue weighted by Gasteiger charge is -2.32. The molecule has 1 atom stereocenters. The number of benzene rings is 2. The highest BCUT2D eigenvalue weighted by molar-refractivity contribution is 5.78. The van der Waals surface area contributed by atoms with Gasteiger partial charge >= 0.3 is 0 Å². The molecule has 2 nitrogen and oxygen atoms in total. The average molecular weight is 367 g/mol. The first-order chi connectivity index (χ1) is 12.5. The molecule has 2 aromatic carbocycles. The molecule has 0 fully saturated rings. The fourth-order valence-electron chi connectivity index (χ4n) is 3.54. The zero-order valence-corrected chi connectivity index (χ0v) is 17.9. The van der Waals surface area contributed by atoms with E-state index in [1.807, 2.05) is 36.4 Å². The van der Waals surface area contributed by atoms with Gasteiger partial charge in [-0.1, -0.05) is 97.0 Å². The van der Waals surface area contributed by atoms with Crippen LogP contribution >= 0.6 is 0 Å². The first kappa shape index (κ1) is 21.2. The second-order valence-corrected chi connectivity index (χ2v) is 9.82. The van der Waals surface area contributed by atoms with Gasteiger partial charge in [-0.2, -0.15) is 0 Å². The number of hydrogen-bond donors (Lipinski definition) is 0. The number of ether oxygens (including phenoxy) is 1. The van der Waals surface area contributed by atoms with E-state index >= 15 is 0 Å². The minimum Gasteiger partial charge on any atom is -0.455 e. The Morgan fingerprint density at radius 3 is 1.67 bits per heavy atom. The van der Waals surface area contributed by atoms with Crippen molar-refractivity contribution in [2.75, 3.05) is 0 Å². The van der Waals surface area contributed by atoms with E-state index in [9.17, 15) is 4.79 Å². The summed E-state index contributed by atoms with van der Waals surface area (Å²) < 4.78 is 5.18. The Hall–Kier alpha value is -2.09. The molecule has 0 heterocycles. The van der Waals surface area contributed by atoms with Crippen molar-refractivity contribution < 1.29 is 9.53 Å². The third-order valence-electron chi connectivity index (χ3n) is 5.37. The fourth-order valence-corrected chi connectivity index (χ4v) is 3.54. The van der Waals surface area contributed by atoms with Crippen molar-refractivity contribution in [3.8, 4) is 11.1 Å². The number of carbonyl (C=O) groups is 1. The Balaban J connectivity index is 0.000000211. The highest BCUT2D eigenvalue weighted by Gasteiger charge is 2.29. The van der Waals surface area contributed by atoms with Crippen molar-refractivity contribution in [1.29, 1.82) is 0 Å². The van der Waals surface area contributed by atoms with Gasteiger partial charge in [0.25, 0.3) is 6.47 Å². The molecule has 0 saturated carbocycles. The predicted molar refractivity (Wildman–Crippen MR) is 114 cm³/mol. The first-order valence-corrected chi connectivity index (χ1v) is 9.82. The molecule has 0 bridgehead atoms. The Bertz CT molecular complexity index is 717. The second kappa shape index (κ2) is 8.29. The molecule has 0 aliphatic heterocycles. The molecular weight excluding hydrogens is 332 g/mol. The first-order valence-electron chi connectivity index (χ1n) is 9.82. The minimum atomic E-state index is -0.245. The monoisotopic (exact) mass is 366 g/mol. The standard InChI is InChI=1S/C14H10O2.C11H24/c15-9-16-14-12-7-3-1-5-10(12)11-6-2-4-8-13(11)14;1-9(11(5,6)7)8-10(2,3)4/h1-9,14H;9H,8H2,1-7H3. The van der Waals surface area contributed by atoms with E-state index in [2.05, 4.69) is 60.6 Å². The van der Waals surface area contributed by atoms with Gasteiger partial charge in [0.1, 0.15) is 0 Å². The molecule has 27 heavy (non-hydrogen) atoms. The zero-order chi connectivity index (χ0) is 20.2. The molecule has 2 aromatic rings. The van der Waals surface area contributed by atoms with E-state index in [0.29, 0.717) is 17.3 Å². The van der Waals surface area contributed by atoms with Crippen molar-refractivity contribution in [1.82, 2.24) is 0 Å². The highest BCUT2D eigenvalue weighted by Crippen LogP contribution is 2.44. The van der Waals surface area contributed by atoms with E-state index < -0.39 is 0 Å². The Morgan fingerprint density at radius 2 is 1.33 bits per heavy atom. The summed E-state index contributed by atoms with van der Waals surface area (Å²) in [5, 5.41) is 0. The van der Waals surface area contributed by atoms with E-state index in [4.69, 9.17) is 4.74 Å². The summed E-state index contributed by atoms with van der Waals surface area (Å²) in [4.78, 5) is 10.6. The smallest absolute Gasteiger partial charge is 0.294 e. The summed E-state index contributed by atoms with van der Waals surface area (Å²) in [7, 11) is 0. The maximum absolute atomic E-state index is 10.6. The van der Waals surface area contributed by atoms with Crippen LogP contribution in [0.1, 0.15) is 72.1 Å². The third kappa shape index (κ3) is 5.45. The summed E-state index contributed by atoms with van der Waals surface area (Å²) in [6.07, 6.45) is 1.07. The molecule has 1 aliphatic rings. The maximum Gasteiger partial charge on any atom is 0.294 e. The third-order valence-corrected chi connectivity index (χ3v) is 5.37. The lowest BCUT2D eigenvalue weighted by Crippen LogP contribution is -2.22. The van der Waals surface area contributed by atoms with Crippen LogP contribution in [0.5, 0.6) is 0 Å². The van der Waals surface area contributed by atoms with Crippen LogP contribution in [0.2, 0.25) is 0 Å². The van der Waals surface area contributed by atoms with Crippen LogP contribution in [0, 0.1) is 16.7 Å². The molecule has 3 rings (SSSR count). The van der Waals surface area contributed by atoms with Gasteiger partial charge in [0.05, 0.1) is 0 Å². The average Bonchev–Trinajstić information content (AvgIpc) is 2.88. The molecule has 0 saturated heterocycles. The number of fused-ring (bicyclic) bond motifs is 3. The highest BCUT2D eigenvalue weighted by atomic mass is 16.5. The molecule has 1 unspecified atom stereocenters. The Kier molecular flexibility index (Phi) is 6.51. The van der Waals surface area contributed by atoms with E-state index in [1.54, 1.807) is 0 Å². The Morgan fingerprint density at radius 1 is 0.889 bits per heavy atom. The van der Waals surface area contributed by atoms with Crippen LogP contribution in [0.25, 0.3) is 11.1 Å². The van der Waals surface area contributed by atoms with E-state index in [0.717, 1.165) is 28.2 Å². The van der Waals surface area contributed by atoms with Crippen LogP contribution in [0.15, 0.2) is 48.5 Å². The van der Waals surface area contributed by atoms with Gasteiger partial charge in [-0.3, -0.25) is 4.79 Å². The van der Waals surface area contributed by atoms with Gasteiger partial charge in [-0.25, -0.2) is 0 Å². The molecule has 0 N–H and O–H groups in total. The van der Waals surface area contributed by atoms with Crippen molar-refractivity contribution in [2.24, 2.45) is 16.7 Å². The number of rotatable bonds is 3. The molecule has 146 valence electrons. The van der Waals surface area contributed by atoms with E-state index in [-0.39, 0.29) is 6.10 Å². The van der Waals surface area contributed by atoms with Gasteiger partial charge in [-0.05, 0) is 34.3 Å². The van der Waals surface area contributed by atoms with Gasteiger partial charge in [0.15, 0.2) is 6.10 Å². The summed E-state index contributed by atoms with van der Waals surface area (Å²) in [6.45, 7) is 16.8. The molecule has 0 spiro atoms. The maximum atomic E-state index is 10.6. The van der Waals surface area contributed by atoms with Crippen LogP contribution in [0.3, 0.4) is 0 Å². The van der Waals surface area contributed by atoms with Crippen LogP contribution in [-0.4, -0.2) is 6.47 Å². The van der Waals surface area contributed by atoms with Gasteiger partial charge in [0, 0.05) is 11.1 Å². The topological polar surface area (TPSA) is 26.3 Å². The number of hydrogen-bond acceptors (Lipinski definition) is 2. The van der Waals surface area contributed by atoms with Gasteiger partial charge < -0.3 is 4.74 Å². The second-order valence-electron chi connectivity index (χ2n) is 9.82. The largest absolute Gasteiger partial charge is 0.455 e. The number of carbonyl (C=O) groups excluding carboxylic acids is 1. The molecule has 0 amide bonds. The van der Waals surface area contributed by atoms with Gasteiger partial charge in [0.2, 0.25) is 0 Å².